The maximum absolute atomic E-state index is 11.1. The standard InChI is InChI=1S/C7H8BrN3O.ClH/c1-10-7(12)5-2-4(8)3-11-6(5)9;/h2-3H,1H3,(H2,9,11)(H,10,12);1H. The Morgan fingerprint density at radius 2 is 2.31 bits per heavy atom. The number of amides is 1. The number of nitrogen functional groups attached to an aromatic ring is 1. The molecule has 1 heterocycles. The average molecular weight is 267 g/mol. The van der Waals surface area contributed by atoms with Crippen LogP contribution in [-0.4, -0.2) is 17.9 Å². The Kier molecular flexibility index (Phi) is 4.72. The molecule has 1 amide bonds. The first-order chi connectivity index (χ1) is 5.65. The summed E-state index contributed by atoms with van der Waals surface area (Å²) in [5.74, 6) is -0.00106. The van der Waals surface area contributed by atoms with Crippen molar-refractivity contribution in [1.82, 2.24) is 10.3 Å². The molecule has 0 atom stereocenters. The highest BCUT2D eigenvalue weighted by Crippen LogP contribution is 2.14. The smallest absolute Gasteiger partial charge is 0.254 e. The first kappa shape index (κ1) is 12.2. The lowest BCUT2D eigenvalue weighted by atomic mass is 10.2. The van der Waals surface area contributed by atoms with Gasteiger partial charge in [-0.2, -0.15) is 0 Å². The zero-order chi connectivity index (χ0) is 9.14. The van der Waals surface area contributed by atoms with Crippen molar-refractivity contribution in [2.24, 2.45) is 0 Å². The van der Waals surface area contributed by atoms with Gasteiger partial charge in [0.15, 0.2) is 0 Å². The molecule has 1 rings (SSSR count). The van der Waals surface area contributed by atoms with Crippen LogP contribution in [0, 0.1) is 0 Å². The van der Waals surface area contributed by atoms with E-state index >= 15 is 0 Å². The van der Waals surface area contributed by atoms with E-state index in [2.05, 4.69) is 26.2 Å². The Morgan fingerprint density at radius 1 is 1.69 bits per heavy atom. The molecule has 0 radical (unpaired) electrons. The summed E-state index contributed by atoms with van der Waals surface area (Å²) in [5, 5.41) is 2.47. The topological polar surface area (TPSA) is 68.0 Å². The van der Waals surface area contributed by atoms with Gasteiger partial charge in [-0.25, -0.2) is 4.98 Å². The number of nitrogens with zero attached hydrogens (tertiary/aromatic N) is 1. The van der Waals surface area contributed by atoms with Crippen LogP contribution in [0.25, 0.3) is 0 Å². The summed E-state index contributed by atoms with van der Waals surface area (Å²) in [6.45, 7) is 0. The van der Waals surface area contributed by atoms with E-state index in [4.69, 9.17) is 5.73 Å². The Morgan fingerprint density at radius 3 is 2.85 bits per heavy atom. The largest absolute Gasteiger partial charge is 0.383 e. The molecule has 0 fully saturated rings. The van der Waals surface area contributed by atoms with Gasteiger partial charge in [0.25, 0.3) is 5.91 Å². The van der Waals surface area contributed by atoms with Gasteiger partial charge in [-0.15, -0.1) is 12.4 Å². The lowest BCUT2D eigenvalue weighted by Gasteiger charge is -2.02. The normalized spacial score (nSPS) is 8.77. The van der Waals surface area contributed by atoms with E-state index in [1.165, 1.54) is 0 Å². The molecule has 0 aliphatic rings. The quantitative estimate of drug-likeness (QED) is 0.803. The minimum atomic E-state index is -0.235. The molecule has 0 aliphatic heterocycles. The molecule has 0 saturated heterocycles. The Labute approximate surface area is 90.5 Å². The molecule has 0 bridgehead atoms. The van der Waals surface area contributed by atoms with Gasteiger partial charge >= 0.3 is 0 Å². The lowest BCUT2D eigenvalue weighted by molar-refractivity contribution is 0.0963. The number of hydrogen-bond acceptors (Lipinski definition) is 3. The number of rotatable bonds is 1. The molecule has 0 spiro atoms. The van der Waals surface area contributed by atoms with Crippen LogP contribution >= 0.6 is 28.3 Å². The van der Waals surface area contributed by atoms with Crippen molar-refractivity contribution < 1.29 is 4.79 Å². The summed E-state index contributed by atoms with van der Waals surface area (Å²) < 4.78 is 0.732. The van der Waals surface area contributed by atoms with E-state index in [1.807, 2.05) is 0 Å². The van der Waals surface area contributed by atoms with Crippen LogP contribution in [0.2, 0.25) is 0 Å². The number of halogens is 2. The van der Waals surface area contributed by atoms with E-state index in [-0.39, 0.29) is 24.1 Å². The van der Waals surface area contributed by atoms with Crippen LogP contribution in [0.3, 0.4) is 0 Å². The SMILES string of the molecule is CNC(=O)c1cc(Br)cnc1N.Cl. The lowest BCUT2D eigenvalue weighted by Crippen LogP contribution is -2.19. The molecule has 13 heavy (non-hydrogen) atoms. The Bertz CT molecular complexity index is 319. The van der Waals surface area contributed by atoms with Crippen LogP contribution in [0.5, 0.6) is 0 Å². The minimum Gasteiger partial charge on any atom is -0.383 e. The van der Waals surface area contributed by atoms with Crippen molar-refractivity contribution in [2.45, 2.75) is 0 Å². The van der Waals surface area contributed by atoms with E-state index in [0.717, 1.165) is 4.47 Å². The maximum Gasteiger partial charge on any atom is 0.254 e. The molecule has 6 heteroatoms. The molecule has 72 valence electrons. The van der Waals surface area contributed by atoms with E-state index in [1.54, 1.807) is 19.3 Å². The van der Waals surface area contributed by atoms with E-state index < -0.39 is 0 Å². The van der Waals surface area contributed by atoms with Crippen LogP contribution in [-0.2, 0) is 0 Å². The van der Waals surface area contributed by atoms with Crippen molar-refractivity contribution in [1.29, 1.82) is 0 Å². The zero-order valence-electron chi connectivity index (χ0n) is 6.87. The van der Waals surface area contributed by atoms with Gasteiger partial charge in [-0.05, 0) is 22.0 Å². The number of carbonyl (C=O) groups excluding carboxylic acids is 1. The number of nitrogens with two attached hydrogens (primary N) is 1. The highest BCUT2D eigenvalue weighted by Gasteiger charge is 2.08. The van der Waals surface area contributed by atoms with Gasteiger partial charge in [-0.1, -0.05) is 0 Å². The first-order valence-corrected chi connectivity index (χ1v) is 4.07. The molecule has 4 nitrogen and oxygen atoms in total. The zero-order valence-corrected chi connectivity index (χ0v) is 9.28. The fourth-order valence-corrected chi connectivity index (χ4v) is 1.10. The second-order valence-corrected chi connectivity index (χ2v) is 3.08. The van der Waals surface area contributed by atoms with Gasteiger partial charge < -0.3 is 11.1 Å². The minimum absolute atomic E-state index is 0. The number of anilines is 1. The summed E-state index contributed by atoms with van der Waals surface area (Å²) in [5.41, 5.74) is 5.85. The predicted molar refractivity (Wildman–Crippen MR) is 57.0 cm³/mol. The number of pyridine rings is 1. The average Bonchev–Trinajstić information content (AvgIpc) is 2.08. The fraction of sp³-hybridized carbons (Fsp3) is 0.143. The van der Waals surface area contributed by atoms with Gasteiger partial charge in [-0.3, -0.25) is 4.79 Å². The summed E-state index contributed by atoms with van der Waals surface area (Å²) >= 11 is 3.20. The highest BCUT2D eigenvalue weighted by molar-refractivity contribution is 9.10. The van der Waals surface area contributed by atoms with Crippen LogP contribution in [0.4, 0.5) is 5.82 Å². The van der Waals surface area contributed by atoms with Gasteiger partial charge in [0, 0.05) is 17.7 Å². The Hall–Kier alpha value is -0.810. The predicted octanol–water partition coefficient (Wildman–Crippen LogP) is 1.21. The number of carbonyl (C=O) groups is 1. The highest BCUT2D eigenvalue weighted by atomic mass is 79.9. The van der Waals surface area contributed by atoms with E-state index in [0.29, 0.717) is 5.56 Å². The number of nitrogens with one attached hydrogen (secondary N) is 1. The first-order valence-electron chi connectivity index (χ1n) is 3.28. The van der Waals surface area contributed by atoms with Gasteiger partial charge in [0.1, 0.15) is 5.82 Å². The fourth-order valence-electron chi connectivity index (χ4n) is 0.766. The maximum atomic E-state index is 11.1. The summed E-state index contributed by atoms with van der Waals surface area (Å²) in [7, 11) is 1.54. The monoisotopic (exact) mass is 265 g/mol. The number of hydrogen-bond donors (Lipinski definition) is 2. The molecular formula is C7H9BrClN3O. The molecular weight excluding hydrogens is 257 g/mol. The molecule has 0 unspecified atom stereocenters. The second-order valence-electron chi connectivity index (χ2n) is 2.17. The van der Waals surface area contributed by atoms with Crippen LogP contribution in [0.15, 0.2) is 16.7 Å². The molecule has 0 saturated carbocycles. The third kappa shape index (κ3) is 2.86. The summed E-state index contributed by atoms with van der Waals surface area (Å²) in [4.78, 5) is 15.0. The molecule has 3 N–H and O–H groups in total. The number of aromatic nitrogens is 1. The third-order valence-electron chi connectivity index (χ3n) is 1.36. The van der Waals surface area contributed by atoms with Crippen LogP contribution < -0.4 is 11.1 Å². The third-order valence-corrected chi connectivity index (χ3v) is 1.79. The van der Waals surface area contributed by atoms with Crippen molar-refractivity contribution in [3.8, 4) is 0 Å². The van der Waals surface area contributed by atoms with Crippen molar-refractivity contribution in [2.75, 3.05) is 12.8 Å². The van der Waals surface area contributed by atoms with Gasteiger partial charge in [0.2, 0.25) is 0 Å². The molecule has 1 aromatic heterocycles. The van der Waals surface area contributed by atoms with Gasteiger partial charge in [0.05, 0.1) is 5.56 Å². The second kappa shape index (κ2) is 5.04. The Balaban J connectivity index is 0.00000144. The molecule has 0 aliphatic carbocycles. The summed E-state index contributed by atoms with van der Waals surface area (Å²) in [6, 6.07) is 1.63. The molecule has 0 aromatic carbocycles. The van der Waals surface area contributed by atoms with Crippen LogP contribution in [0.1, 0.15) is 10.4 Å². The van der Waals surface area contributed by atoms with Crippen molar-refractivity contribution >= 4 is 40.1 Å². The van der Waals surface area contributed by atoms with Crippen molar-refractivity contribution in [3.63, 3.8) is 0 Å². The van der Waals surface area contributed by atoms with Crippen molar-refractivity contribution in [3.05, 3.63) is 22.3 Å². The van der Waals surface area contributed by atoms with E-state index in [9.17, 15) is 4.79 Å². The summed E-state index contributed by atoms with van der Waals surface area (Å²) in [6.07, 6.45) is 1.54. The molecule has 1 aromatic rings.